The molecule has 1 saturated carbocycles. The summed E-state index contributed by atoms with van der Waals surface area (Å²) in [5.41, 5.74) is 2.15. The zero-order valence-electron chi connectivity index (χ0n) is 13.0. The highest BCUT2D eigenvalue weighted by Crippen LogP contribution is 2.27. The lowest BCUT2D eigenvalue weighted by atomic mass is 9.82. The molecule has 4 heteroatoms. The van der Waals surface area contributed by atoms with E-state index in [2.05, 4.69) is 0 Å². The van der Waals surface area contributed by atoms with Gasteiger partial charge < -0.3 is 14.9 Å². The molecule has 0 saturated heterocycles. The summed E-state index contributed by atoms with van der Waals surface area (Å²) in [5, 5.41) is 9.26. The van der Waals surface area contributed by atoms with Crippen molar-refractivity contribution >= 4 is 17.7 Å². The molecule has 0 radical (unpaired) electrons. The summed E-state index contributed by atoms with van der Waals surface area (Å²) in [6.45, 7) is 0.722. The van der Waals surface area contributed by atoms with Crippen LogP contribution >= 0.6 is 0 Å². The maximum absolute atomic E-state index is 12.0. The lowest BCUT2D eigenvalue weighted by molar-refractivity contribution is -0.126. The molecule has 0 aromatic heterocycles. The Bertz CT molecular complexity index is 502. The molecule has 1 amide bonds. The molecule has 114 valence electrons. The van der Waals surface area contributed by atoms with E-state index in [4.69, 9.17) is 0 Å². The highest BCUT2D eigenvalue weighted by Gasteiger charge is 2.28. The van der Waals surface area contributed by atoms with Gasteiger partial charge in [-0.2, -0.15) is 0 Å². The molecule has 0 bridgehead atoms. The van der Waals surface area contributed by atoms with Crippen LogP contribution in [0.4, 0.5) is 5.69 Å². The highest BCUT2D eigenvalue weighted by molar-refractivity contribution is 5.91. The third-order valence-corrected chi connectivity index (χ3v) is 3.95. The van der Waals surface area contributed by atoms with Gasteiger partial charge >= 0.3 is 0 Å². The Hall–Kier alpha value is -1.81. The SMILES string of the molecule is CN(CC1CC(O)C1)C(=O)C=Cc1ccc(N(C)C)cc1. The second-order valence-corrected chi connectivity index (χ2v) is 6.03. The summed E-state index contributed by atoms with van der Waals surface area (Å²) < 4.78 is 0. The Kier molecular flexibility index (Phi) is 5.02. The van der Waals surface area contributed by atoms with E-state index in [1.807, 2.05) is 56.4 Å². The number of carbonyl (C=O) groups excluding carboxylic acids is 1. The summed E-state index contributed by atoms with van der Waals surface area (Å²) in [7, 11) is 5.81. The number of amides is 1. The van der Waals surface area contributed by atoms with E-state index in [-0.39, 0.29) is 12.0 Å². The van der Waals surface area contributed by atoms with E-state index >= 15 is 0 Å². The first-order chi connectivity index (χ1) is 9.95. The molecule has 4 nitrogen and oxygen atoms in total. The van der Waals surface area contributed by atoms with Crippen molar-refractivity contribution in [2.45, 2.75) is 18.9 Å². The molecule has 0 unspecified atom stereocenters. The smallest absolute Gasteiger partial charge is 0.246 e. The average Bonchev–Trinajstić information content (AvgIpc) is 2.43. The second kappa shape index (κ2) is 6.76. The summed E-state index contributed by atoms with van der Waals surface area (Å²) in [5.74, 6) is 0.454. The molecule has 2 rings (SSSR count). The van der Waals surface area contributed by atoms with Crippen LogP contribution in [0.15, 0.2) is 30.3 Å². The van der Waals surface area contributed by atoms with Gasteiger partial charge in [0.1, 0.15) is 0 Å². The normalized spacial score (nSPS) is 21.1. The predicted molar refractivity (Wildman–Crippen MR) is 86.2 cm³/mol. The third kappa shape index (κ3) is 4.33. The van der Waals surface area contributed by atoms with Crippen LogP contribution in [0, 0.1) is 5.92 Å². The van der Waals surface area contributed by atoms with E-state index < -0.39 is 0 Å². The molecule has 0 spiro atoms. The van der Waals surface area contributed by atoms with Gasteiger partial charge in [0.25, 0.3) is 0 Å². The van der Waals surface area contributed by atoms with Crippen LogP contribution in [0.1, 0.15) is 18.4 Å². The molecule has 1 aromatic carbocycles. The summed E-state index contributed by atoms with van der Waals surface area (Å²) >= 11 is 0. The van der Waals surface area contributed by atoms with Gasteiger partial charge in [0.05, 0.1) is 6.10 Å². The van der Waals surface area contributed by atoms with Crippen molar-refractivity contribution in [1.29, 1.82) is 0 Å². The Morgan fingerprint density at radius 3 is 2.38 bits per heavy atom. The Labute approximate surface area is 126 Å². The lowest BCUT2D eigenvalue weighted by Crippen LogP contribution is -2.38. The number of nitrogens with zero attached hydrogens (tertiary/aromatic N) is 2. The molecular weight excluding hydrogens is 264 g/mol. The molecule has 0 aliphatic heterocycles. The van der Waals surface area contributed by atoms with E-state index in [0.717, 1.165) is 30.6 Å². The first kappa shape index (κ1) is 15.6. The molecule has 1 N–H and O–H groups in total. The molecule has 1 aliphatic rings. The minimum absolute atomic E-state index is 0.00748. The zero-order valence-corrected chi connectivity index (χ0v) is 13.0. The Balaban J connectivity index is 1.86. The quantitative estimate of drug-likeness (QED) is 0.843. The molecule has 1 aliphatic carbocycles. The van der Waals surface area contributed by atoms with Crippen LogP contribution in [0.2, 0.25) is 0 Å². The van der Waals surface area contributed by atoms with Crippen molar-refractivity contribution in [3.63, 3.8) is 0 Å². The van der Waals surface area contributed by atoms with Gasteiger partial charge in [-0.3, -0.25) is 4.79 Å². The fourth-order valence-electron chi connectivity index (χ4n) is 2.51. The van der Waals surface area contributed by atoms with E-state index in [1.54, 1.807) is 11.0 Å². The fourth-order valence-corrected chi connectivity index (χ4v) is 2.51. The highest BCUT2D eigenvalue weighted by atomic mass is 16.3. The average molecular weight is 288 g/mol. The van der Waals surface area contributed by atoms with Crippen LogP contribution < -0.4 is 4.90 Å². The van der Waals surface area contributed by atoms with Gasteiger partial charge in [-0.05, 0) is 42.5 Å². The number of aliphatic hydroxyl groups is 1. The zero-order chi connectivity index (χ0) is 15.4. The third-order valence-electron chi connectivity index (χ3n) is 3.95. The van der Waals surface area contributed by atoms with Gasteiger partial charge in [0.15, 0.2) is 0 Å². The maximum Gasteiger partial charge on any atom is 0.246 e. The lowest BCUT2D eigenvalue weighted by Gasteiger charge is -2.34. The molecular formula is C17H24N2O2. The van der Waals surface area contributed by atoms with Gasteiger partial charge in [-0.1, -0.05) is 12.1 Å². The minimum Gasteiger partial charge on any atom is -0.393 e. The number of benzene rings is 1. The van der Waals surface area contributed by atoms with E-state index in [0.29, 0.717) is 5.92 Å². The molecule has 21 heavy (non-hydrogen) atoms. The monoisotopic (exact) mass is 288 g/mol. The van der Waals surface area contributed by atoms with Crippen molar-refractivity contribution in [3.8, 4) is 0 Å². The Morgan fingerprint density at radius 2 is 1.86 bits per heavy atom. The van der Waals surface area contributed by atoms with Crippen LogP contribution in [0.3, 0.4) is 0 Å². The number of aliphatic hydroxyl groups excluding tert-OH is 1. The van der Waals surface area contributed by atoms with Crippen molar-refractivity contribution in [3.05, 3.63) is 35.9 Å². The van der Waals surface area contributed by atoms with Crippen LogP contribution in [0.25, 0.3) is 6.08 Å². The number of hydrogen-bond acceptors (Lipinski definition) is 3. The number of likely N-dealkylation sites (N-methyl/N-ethyl adjacent to an activating group) is 1. The fraction of sp³-hybridized carbons (Fsp3) is 0.471. The van der Waals surface area contributed by atoms with Crippen molar-refractivity contribution < 1.29 is 9.90 Å². The predicted octanol–water partition coefficient (Wildman–Crippen LogP) is 2.00. The number of carbonyl (C=O) groups is 1. The van der Waals surface area contributed by atoms with Gasteiger partial charge in [0.2, 0.25) is 5.91 Å². The molecule has 1 aromatic rings. The Morgan fingerprint density at radius 1 is 1.24 bits per heavy atom. The number of anilines is 1. The molecule has 0 atom stereocenters. The van der Waals surface area contributed by atoms with Gasteiger partial charge in [-0.15, -0.1) is 0 Å². The van der Waals surface area contributed by atoms with E-state index in [1.165, 1.54) is 0 Å². The van der Waals surface area contributed by atoms with Gasteiger partial charge in [0, 0.05) is 39.5 Å². The summed E-state index contributed by atoms with van der Waals surface area (Å²) in [4.78, 5) is 15.8. The van der Waals surface area contributed by atoms with Crippen molar-refractivity contribution in [1.82, 2.24) is 4.90 Å². The standard InChI is InChI=1S/C17H24N2O2/c1-18(2)15-7-4-13(5-8-15)6-9-17(21)19(3)12-14-10-16(20)11-14/h4-9,14,16,20H,10-12H2,1-3H3. The van der Waals surface area contributed by atoms with E-state index in [9.17, 15) is 9.90 Å². The van der Waals surface area contributed by atoms with Crippen LogP contribution in [-0.4, -0.2) is 49.7 Å². The van der Waals surface area contributed by atoms with Crippen LogP contribution in [-0.2, 0) is 4.79 Å². The van der Waals surface area contributed by atoms with Crippen LogP contribution in [0.5, 0.6) is 0 Å². The molecule has 1 fully saturated rings. The number of hydrogen-bond donors (Lipinski definition) is 1. The van der Waals surface area contributed by atoms with Crippen molar-refractivity contribution in [2.75, 3.05) is 32.6 Å². The number of rotatable bonds is 5. The largest absolute Gasteiger partial charge is 0.393 e. The first-order valence-corrected chi connectivity index (χ1v) is 7.34. The molecule has 0 heterocycles. The van der Waals surface area contributed by atoms with Gasteiger partial charge in [-0.25, -0.2) is 0 Å². The second-order valence-electron chi connectivity index (χ2n) is 6.03. The minimum atomic E-state index is -0.163. The van der Waals surface area contributed by atoms with Crippen molar-refractivity contribution in [2.24, 2.45) is 5.92 Å². The summed E-state index contributed by atoms with van der Waals surface area (Å²) in [6.07, 6.45) is 4.91. The maximum atomic E-state index is 12.0. The topological polar surface area (TPSA) is 43.8 Å². The first-order valence-electron chi connectivity index (χ1n) is 7.34. The summed E-state index contributed by atoms with van der Waals surface area (Å²) in [6, 6.07) is 8.07.